The number of aliphatic hydroxyl groups excluding tert-OH is 1. The number of rotatable bonds is 7. The Bertz CT molecular complexity index is 365. The van der Waals surface area contributed by atoms with E-state index in [1.165, 1.54) is 0 Å². The van der Waals surface area contributed by atoms with E-state index in [4.69, 9.17) is 9.84 Å². The summed E-state index contributed by atoms with van der Waals surface area (Å²) in [6.45, 7) is 2.48. The van der Waals surface area contributed by atoms with Gasteiger partial charge in [0.2, 0.25) is 5.91 Å². The summed E-state index contributed by atoms with van der Waals surface area (Å²) in [5.74, 6) is 0.698. The predicted molar refractivity (Wildman–Crippen MR) is 70.8 cm³/mol. The van der Waals surface area contributed by atoms with E-state index in [9.17, 15) is 4.79 Å². The largest absolute Gasteiger partial charge is 0.497 e. The zero-order valence-electron chi connectivity index (χ0n) is 10.8. The molecule has 18 heavy (non-hydrogen) atoms. The van der Waals surface area contributed by atoms with Crippen molar-refractivity contribution in [3.63, 3.8) is 0 Å². The molecule has 1 aromatic rings. The highest BCUT2D eigenvalue weighted by molar-refractivity contribution is 5.91. The molecule has 0 fully saturated rings. The first kappa shape index (κ1) is 14.5. The zero-order chi connectivity index (χ0) is 13.4. The van der Waals surface area contributed by atoms with E-state index in [1.807, 2.05) is 6.92 Å². The van der Waals surface area contributed by atoms with Gasteiger partial charge in [-0.05, 0) is 31.2 Å². The van der Waals surface area contributed by atoms with Crippen LogP contribution in [-0.4, -0.2) is 37.3 Å². The molecule has 0 saturated carbocycles. The van der Waals surface area contributed by atoms with Gasteiger partial charge in [-0.2, -0.15) is 0 Å². The first-order valence-electron chi connectivity index (χ1n) is 5.94. The Morgan fingerprint density at radius 1 is 1.39 bits per heavy atom. The van der Waals surface area contributed by atoms with Crippen molar-refractivity contribution in [3.05, 3.63) is 24.3 Å². The summed E-state index contributed by atoms with van der Waals surface area (Å²) >= 11 is 0. The lowest BCUT2D eigenvalue weighted by molar-refractivity contribution is -0.116. The average molecular weight is 252 g/mol. The summed E-state index contributed by atoms with van der Waals surface area (Å²) in [5, 5.41) is 14.5. The number of carbonyl (C=O) groups is 1. The Morgan fingerprint density at radius 2 is 2.06 bits per heavy atom. The average Bonchev–Trinajstić information content (AvgIpc) is 2.37. The molecule has 0 unspecified atom stereocenters. The van der Waals surface area contributed by atoms with Crippen LogP contribution in [0.5, 0.6) is 5.75 Å². The normalized spacial score (nSPS) is 11.9. The van der Waals surface area contributed by atoms with E-state index in [1.54, 1.807) is 31.4 Å². The molecule has 0 heterocycles. The van der Waals surface area contributed by atoms with Crippen LogP contribution in [0.3, 0.4) is 0 Å². The van der Waals surface area contributed by atoms with Crippen molar-refractivity contribution in [2.75, 3.05) is 25.6 Å². The lowest BCUT2D eigenvalue weighted by atomic mass is 10.2. The van der Waals surface area contributed by atoms with E-state index >= 15 is 0 Å². The zero-order valence-corrected chi connectivity index (χ0v) is 10.8. The standard InChI is InChI=1S/C13H20N2O3/c1-10(14-7-8-16)9-13(17)15-11-3-5-12(18-2)6-4-11/h3-6,10,14,16H,7-9H2,1-2H3,(H,15,17)/t10-/m0/s1. The quantitative estimate of drug-likeness (QED) is 0.677. The summed E-state index contributed by atoms with van der Waals surface area (Å²) in [6, 6.07) is 7.22. The molecule has 0 bridgehead atoms. The van der Waals surface area contributed by atoms with Crippen molar-refractivity contribution in [2.24, 2.45) is 0 Å². The first-order valence-corrected chi connectivity index (χ1v) is 5.94. The minimum absolute atomic E-state index is 0.0374. The van der Waals surface area contributed by atoms with E-state index in [0.717, 1.165) is 11.4 Å². The van der Waals surface area contributed by atoms with Crippen molar-refractivity contribution in [2.45, 2.75) is 19.4 Å². The van der Waals surface area contributed by atoms with Crippen LogP contribution in [0.2, 0.25) is 0 Å². The molecule has 0 radical (unpaired) electrons. The molecule has 0 aromatic heterocycles. The molecular formula is C13H20N2O3. The molecule has 1 atom stereocenters. The van der Waals surface area contributed by atoms with Gasteiger partial charge in [-0.15, -0.1) is 0 Å². The van der Waals surface area contributed by atoms with Crippen LogP contribution in [0.1, 0.15) is 13.3 Å². The second kappa shape index (κ2) is 7.68. The van der Waals surface area contributed by atoms with Crippen LogP contribution >= 0.6 is 0 Å². The lowest BCUT2D eigenvalue weighted by Gasteiger charge is -2.12. The molecule has 1 rings (SSSR count). The molecule has 3 N–H and O–H groups in total. The molecule has 0 spiro atoms. The maximum atomic E-state index is 11.7. The van der Waals surface area contributed by atoms with Crippen molar-refractivity contribution in [1.82, 2.24) is 5.32 Å². The van der Waals surface area contributed by atoms with E-state index < -0.39 is 0 Å². The maximum Gasteiger partial charge on any atom is 0.225 e. The fraction of sp³-hybridized carbons (Fsp3) is 0.462. The van der Waals surface area contributed by atoms with Gasteiger partial charge in [0.25, 0.3) is 0 Å². The highest BCUT2D eigenvalue weighted by Gasteiger charge is 2.08. The Kier molecular flexibility index (Phi) is 6.18. The van der Waals surface area contributed by atoms with Crippen molar-refractivity contribution >= 4 is 11.6 Å². The number of hydrogen-bond donors (Lipinski definition) is 3. The van der Waals surface area contributed by atoms with Crippen molar-refractivity contribution in [3.8, 4) is 5.75 Å². The van der Waals surface area contributed by atoms with Gasteiger partial charge in [0.15, 0.2) is 0 Å². The number of nitrogens with one attached hydrogen (secondary N) is 2. The van der Waals surface area contributed by atoms with E-state index in [2.05, 4.69) is 10.6 Å². The van der Waals surface area contributed by atoms with Crippen molar-refractivity contribution < 1.29 is 14.6 Å². The first-order chi connectivity index (χ1) is 8.65. The Balaban J connectivity index is 2.39. The number of benzene rings is 1. The molecule has 5 heteroatoms. The number of carbonyl (C=O) groups excluding carboxylic acids is 1. The Labute approximate surface area is 107 Å². The van der Waals surface area contributed by atoms with Crippen LogP contribution in [0.25, 0.3) is 0 Å². The topological polar surface area (TPSA) is 70.6 Å². The molecule has 0 aliphatic carbocycles. The summed E-state index contributed by atoms with van der Waals surface area (Å²) in [4.78, 5) is 11.7. The lowest BCUT2D eigenvalue weighted by Crippen LogP contribution is -2.32. The number of ether oxygens (including phenoxy) is 1. The third-order valence-electron chi connectivity index (χ3n) is 2.47. The number of aliphatic hydroxyl groups is 1. The monoisotopic (exact) mass is 252 g/mol. The highest BCUT2D eigenvalue weighted by Crippen LogP contribution is 2.15. The van der Waals surface area contributed by atoms with Gasteiger partial charge < -0.3 is 20.5 Å². The fourth-order valence-electron chi connectivity index (χ4n) is 1.55. The summed E-state index contributed by atoms with van der Waals surface area (Å²) in [5.41, 5.74) is 0.746. The number of anilines is 1. The molecule has 1 amide bonds. The van der Waals surface area contributed by atoms with Gasteiger partial charge >= 0.3 is 0 Å². The summed E-state index contributed by atoms with van der Waals surface area (Å²) in [6.07, 6.45) is 0.367. The molecule has 5 nitrogen and oxygen atoms in total. The van der Waals surface area contributed by atoms with Crippen LogP contribution in [0.15, 0.2) is 24.3 Å². The third-order valence-corrected chi connectivity index (χ3v) is 2.47. The van der Waals surface area contributed by atoms with Crippen LogP contribution in [0.4, 0.5) is 5.69 Å². The van der Waals surface area contributed by atoms with Gasteiger partial charge in [0.05, 0.1) is 13.7 Å². The summed E-state index contributed by atoms with van der Waals surface area (Å²) < 4.78 is 5.04. The van der Waals surface area contributed by atoms with Crippen LogP contribution in [0, 0.1) is 0 Å². The minimum Gasteiger partial charge on any atom is -0.497 e. The number of methoxy groups -OCH3 is 1. The van der Waals surface area contributed by atoms with E-state index in [-0.39, 0.29) is 18.6 Å². The number of hydrogen-bond acceptors (Lipinski definition) is 4. The second-order valence-electron chi connectivity index (χ2n) is 4.06. The highest BCUT2D eigenvalue weighted by atomic mass is 16.5. The van der Waals surface area contributed by atoms with Crippen LogP contribution in [-0.2, 0) is 4.79 Å². The molecule has 1 aromatic carbocycles. The Hall–Kier alpha value is -1.59. The summed E-state index contributed by atoms with van der Waals surface area (Å²) in [7, 11) is 1.60. The van der Waals surface area contributed by atoms with Gasteiger partial charge in [-0.25, -0.2) is 0 Å². The van der Waals surface area contributed by atoms with Gasteiger partial charge in [0.1, 0.15) is 5.75 Å². The molecular weight excluding hydrogens is 232 g/mol. The second-order valence-corrected chi connectivity index (χ2v) is 4.06. The van der Waals surface area contributed by atoms with E-state index in [0.29, 0.717) is 13.0 Å². The van der Waals surface area contributed by atoms with Gasteiger partial charge in [-0.1, -0.05) is 0 Å². The van der Waals surface area contributed by atoms with Crippen LogP contribution < -0.4 is 15.4 Å². The molecule has 0 aliphatic rings. The van der Waals surface area contributed by atoms with Gasteiger partial charge in [-0.3, -0.25) is 4.79 Å². The predicted octanol–water partition coefficient (Wildman–Crippen LogP) is 0.994. The molecule has 100 valence electrons. The number of amides is 1. The maximum absolute atomic E-state index is 11.7. The fourth-order valence-corrected chi connectivity index (χ4v) is 1.55. The molecule has 0 saturated heterocycles. The third kappa shape index (κ3) is 5.16. The van der Waals surface area contributed by atoms with Crippen molar-refractivity contribution in [1.29, 1.82) is 0 Å². The SMILES string of the molecule is COc1ccc(NC(=O)C[C@H](C)NCCO)cc1. The Morgan fingerprint density at radius 3 is 2.61 bits per heavy atom. The smallest absolute Gasteiger partial charge is 0.225 e. The van der Waals surface area contributed by atoms with Gasteiger partial charge in [0, 0.05) is 24.7 Å². The minimum atomic E-state index is -0.0573. The molecule has 0 aliphatic heterocycles.